The number of aryl methyl sites for hydroxylation is 1. The molecule has 0 aromatic carbocycles. The van der Waals surface area contributed by atoms with Crippen LogP contribution < -0.4 is 0 Å². The summed E-state index contributed by atoms with van der Waals surface area (Å²) in [4.78, 5) is 41.4. The minimum Gasteiger partial charge on any atom is -0.467 e. The van der Waals surface area contributed by atoms with Crippen molar-refractivity contribution in [2.75, 3.05) is 206 Å². The third-order valence-electron chi connectivity index (χ3n) is 19.4. The molecule has 0 N–H and O–H groups in total. The van der Waals surface area contributed by atoms with Crippen molar-refractivity contribution in [2.45, 2.75) is 193 Å². The number of hydrogen-bond donors (Lipinski definition) is 0. The molecule has 58 nitrogen and oxygen atoms in total. The molecule has 766 valence electrons. The first-order valence-corrected chi connectivity index (χ1v) is 48.4. The molecule has 0 radical (unpaired) electrons. The number of methoxy groups -OCH3 is 9. The van der Waals surface area contributed by atoms with Crippen LogP contribution >= 0.6 is 0 Å². The molecule has 131 heavy (non-hydrogen) atoms. The topological polar surface area (TPSA) is 672 Å². The maximum absolute atomic E-state index is 14.4. The Balaban J connectivity index is 1.28. The molecule has 6 rings (SSSR count). The van der Waals surface area contributed by atoms with Crippen LogP contribution in [0.1, 0.15) is 31.9 Å². The summed E-state index contributed by atoms with van der Waals surface area (Å²) < 4.78 is 397. The number of aromatic nitrogens is 3. The summed E-state index contributed by atoms with van der Waals surface area (Å²) in [6.45, 7) is 1.25. The lowest BCUT2D eigenvalue weighted by Gasteiger charge is -2.51. The second-order valence-electron chi connectivity index (χ2n) is 27.1. The van der Waals surface area contributed by atoms with Crippen LogP contribution in [0.25, 0.3) is 0 Å². The summed E-state index contributed by atoms with van der Waals surface area (Å²) in [7, 11) is -23.8. The Kier molecular flexibility index (Phi) is 49.2. The van der Waals surface area contributed by atoms with Crippen molar-refractivity contribution in [3.05, 3.63) is 11.9 Å². The predicted octanol–water partition coefficient (Wildman–Crippen LogP) is -5.88. The fourth-order valence-electron chi connectivity index (χ4n) is 13.2. The Morgan fingerprint density at radius 2 is 0.664 bits per heavy atom. The fourth-order valence-corrected chi connectivity index (χ4v) is 16.7. The Morgan fingerprint density at radius 3 is 1.05 bits per heavy atom. The number of ether oxygens (including phenoxy) is 24. The number of carbonyl (C=O) groups excluding carboxylic acids is 3. The van der Waals surface area contributed by atoms with Crippen molar-refractivity contribution in [1.82, 2.24) is 15.0 Å². The number of rotatable bonds is 65. The van der Waals surface area contributed by atoms with Crippen molar-refractivity contribution in [1.29, 1.82) is 0 Å². The van der Waals surface area contributed by atoms with E-state index in [2.05, 4.69) is 39.6 Å². The lowest BCUT2D eigenvalue weighted by Crippen LogP contribution is -2.70. The van der Waals surface area contributed by atoms with Gasteiger partial charge < -0.3 is 114 Å². The second kappa shape index (κ2) is 55.7. The van der Waals surface area contributed by atoms with Gasteiger partial charge in [-0.05, 0) is 19.8 Å². The highest BCUT2D eigenvalue weighted by molar-refractivity contribution is 7.83. The van der Waals surface area contributed by atoms with Crippen molar-refractivity contribution in [3.8, 4) is 0 Å². The van der Waals surface area contributed by atoms with Crippen LogP contribution in [0, 0.1) is 0 Å². The van der Waals surface area contributed by atoms with Crippen molar-refractivity contribution < 1.29 is 246 Å². The van der Waals surface area contributed by atoms with Gasteiger partial charge in [0.25, 0.3) is 0 Å². The summed E-state index contributed by atoms with van der Waals surface area (Å²) in [6, 6.07) is 0. The minimum atomic E-state index is -5.64. The van der Waals surface area contributed by atoms with E-state index >= 15 is 0 Å². The fraction of sp³-hybridized carbons (Fsp3) is 0.924. The molecule has 5 fully saturated rings. The van der Waals surface area contributed by atoms with Crippen LogP contribution in [-0.2, 0) is 272 Å². The lowest BCUT2D eigenvalue weighted by atomic mass is 9.94. The normalized spacial score (nSPS) is 30.3. The van der Waals surface area contributed by atoms with Crippen LogP contribution in [0.5, 0.6) is 0 Å². The Morgan fingerprint density at radius 1 is 0.336 bits per heavy atom. The molecular formula is C66H115N3O55S7. The van der Waals surface area contributed by atoms with E-state index in [4.69, 9.17) is 143 Å². The standard InChI is InChI=1S/C66H115N3O55S7/c1-18-103-26-27-105-25-23-69-34-38(67-68-69)21-22-39(70)20-19-24-104-28-29-106-30-31-107-32-33-108-43-40(35-109-125(73,74)96-11)113-63(55(90-5)46(43)87-2)117-49-47(88-3)56(91-6)65(119-53(49)60(71)93-8)116-45-42(37-111-127(77,78)98-13)114-66(59(124-131(85,86)102-17)52(45)122-129(81,82)100-15)118-50-48(89-4)57(92-7)64(120-54(50)61(72)94-9)115-44-41(36-110-126(75,76)97-12)112-62(95-10)58(123-130(83,84)101-16)51(44)121-128(79,80)99-14/h34,40-59,62-66H,18-33,35-37H2,1-17H3/t40-,41-,42-,43-,44-,45-,46+,47+,48+,49+,50+,51+,52+,53+,54-,55-,56-,57-,58-,59-,62+,63-,64-,65-,66-/m1/s1. The predicted molar refractivity (Wildman–Crippen MR) is 420 cm³/mol. The molecule has 0 aliphatic carbocycles. The van der Waals surface area contributed by atoms with E-state index in [1.165, 1.54) is 14.2 Å². The van der Waals surface area contributed by atoms with Crippen molar-refractivity contribution in [2.24, 2.45) is 0 Å². The second-order valence-corrected chi connectivity index (χ2v) is 36.6. The van der Waals surface area contributed by atoms with Crippen LogP contribution in [0.3, 0.4) is 0 Å². The molecule has 6 heterocycles. The van der Waals surface area contributed by atoms with E-state index in [9.17, 15) is 73.3 Å². The highest BCUT2D eigenvalue weighted by Crippen LogP contribution is 2.42. The summed E-state index contributed by atoms with van der Waals surface area (Å²) >= 11 is 0. The van der Waals surface area contributed by atoms with E-state index in [1.54, 1.807) is 10.9 Å². The molecule has 5 aliphatic heterocycles. The SMILES string of the molecule is CCOCCOCCn1cc(CCC(=O)CCCOCCOCCOCCO[C@H]2[C@H](OC)[C@@H](OC)[C@@H](O[C@H]3[C@H](OC)[C@@H](OC)[C@H](O[C@H]4[C@H](OS(=O)(=O)OC)[C@@H](OS(=O)(=O)OC)[C@@H](O[C@H]5[C@H](OC)[C@@H](OC)[C@H](O[C@H]6[C@H](OS(=O)(=O)OC)[C@@H](OS(=O)(=O)OC)[C@@H](OC)O[C@@H]6COS(=O)(=O)OC)O[C@H]5C(=O)OC)O[C@@H]4COS(=O)(=O)OC)O[C@@H]3C(=O)OC)O[C@@H]2COS(=O)(=O)OC)nn1. The summed E-state index contributed by atoms with van der Waals surface area (Å²) in [5, 5.41) is 8.20. The molecule has 5 aliphatic rings. The average molecular weight is 2060 g/mol. The van der Waals surface area contributed by atoms with Gasteiger partial charge in [-0.2, -0.15) is 58.9 Å². The maximum Gasteiger partial charge on any atom is 0.400 e. The summed E-state index contributed by atoms with van der Waals surface area (Å²) in [5.41, 5.74) is 0.685. The van der Waals surface area contributed by atoms with E-state index in [1.807, 2.05) is 6.92 Å². The number of nitrogens with zero attached hydrogens (tertiary/aromatic N) is 3. The summed E-state index contributed by atoms with van der Waals surface area (Å²) in [6.07, 6.45) is -50.7. The first-order chi connectivity index (χ1) is 62.1. The highest BCUT2D eigenvalue weighted by Gasteiger charge is 2.63. The van der Waals surface area contributed by atoms with E-state index in [0.29, 0.717) is 107 Å². The molecule has 0 bridgehead atoms. The van der Waals surface area contributed by atoms with Gasteiger partial charge in [-0.25, -0.2) is 43.6 Å². The van der Waals surface area contributed by atoms with E-state index < -0.39 is 258 Å². The quantitative estimate of drug-likeness (QED) is 0.0433. The number of hydrogen-bond acceptors (Lipinski definition) is 57. The van der Waals surface area contributed by atoms with Crippen LogP contribution in [0.15, 0.2) is 6.20 Å². The summed E-state index contributed by atoms with van der Waals surface area (Å²) in [5.74, 6) is -2.86. The molecule has 5 saturated heterocycles. The number of ketones is 1. The third kappa shape index (κ3) is 35.1. The number of carbonyl (C=O) groups is 3. The smallest absolute Gasteiger partial charge is 0.400 e. The first-order valence-electron chi connectivity index (χ1n) is 39.1. The van der Waals surface area contributed by atoms with Crippen LogP contribution in [0.4, 0.5) is 0 Å². The third-order valence-corrected chi connectivity index (χ3v) is 25.4. The molecule has 0 saturated carbocycles. The molecule has 0 amide bonds. The maximum atomic E-state index is 14.4. The van der Waals surface area contributed by atoms with Crippen LogP contribution in [0.2, 0.25) is 0 Å². The highest BCUT2D eigenvalue weighted by atomic mass is 32.3. The van der Waals surface area contributed by atoms with Gasteiger partial charge in [0.15, 0.2) is 55.9 Å². The van der Waals surface area contributed by atoms with Gasteiger partial charge in [0.1, 0.15) is 103 Å². The van der Waals surface area contributed by atoms with Gasteiger partial charge >= 0.3 is 84.7 Å². The largest absolute Gasteiger partial charge is 0.467 e. The van der Waals surface area contributed by atoms with Crippen LogP contribution in [-0.4, -0.2) is 451 Å². The minimum absolute atomic E-state index is 0.0405. The lowest BCUT2D eigenvalue weighted by molar-refractivity contribution is -0.388. The average Bonchev–Trinajstić information content (AvgIpc) is 1.23. The Labute approximate surface area is 758 Å². The van der Waals surface area contributed by atoms with Gasteiger partial charge in [0, 0.05) is 82.0 Å². The monoisotopic (exact) mass is 2050 g/mol. The zero-order valence-corrected chi connectivity index (χ0v) is 79.8. The van der Waals surface area contributed by atoms with E-state index in [-0.39, 0.29) is 51.8 Å². The molecule has 0 unspecified atom stereocenters. The number of Topliss-reactive ketones (excluding diaryl/α,β-unsaturated/α-hetero) is 1. The molecule has 65 heteroatoms. The Bertz CT molecular complexity index is 4410. The van der Waals surface area contributed by atoms with Gasteiger partial charge in [0.05, 0.1) is 156 Å². The van der Waals surface area contributed by atoms with Crippen molar-refractivity contribution >= 4 is 90.5 Å². The molecule has 0 spiro atoms. The Hall–Kier alpha value is -4.04. The van der Waals surface area contributed by atoms with Gasteiger partial charge in [-0.15, -0.1) is 5.10 Å². The van der Waals surface area contributed by atoms with E-state index in [0.717, 1.165) is 56.9 Å². The first kappa shape index (κ1) is 116. The zero-order chi connectivity index (χ0) is 97.2. The molecular weight excluding hydrogens is 1940 g/mol. The molecule has 25 atom stereocenters. The zero-order valence-electron chi connectivity index (χ0n) is 74.1. The number of esters is 2. The van der Waals surface area contributed by atoms with Gasteiger partial charge in [0.2, 0.25) is 0 Å². The molecule has 1 aromatic rings. The molecule has 1 aromatic heterocycles. The van der Waals surface area contributed by atoms with Gasteiger partial charge in [-0.1, -0.05) is 5.21 Å². The van der Waals surface area contributed by atoms with Crippen molar-refractivity contribution in [3.63, 3.8) is 0 Å². The van der Waals surface area contributed by atoms with Gasteiger partial charge in [-0.3, -0.25) is 34.1 Å².